The molecule has 0 spiro atoms. The number of benzene rings is 1. The fraction of sp³-hybridized carbons (Fsp3) is 0.647. The van der Waals surface area contributed by atoms with Gasteiger partial charge in [0, 0.05) is 21.9 Å². The molecule has 1 fully saturated rings. The molecule has 1 aliphatic rings. The zero-order valence-corrected chi connectivity index (χ0v) is 13.1. The highest BCUT2D eigenvalue weighted by molar-refractivity contribution is 8.00. The van der Waals surface area contributed by atoms with Gasteiger partial charge in [-0.15, -0.1) is 11.8 Å². The molecule has 1 atom stereocenters. The summed E-state index contributed by atoms with van der Waals surface area (Å²) >= 11 is 2.06. The van der Waals surface area contributed by atoms with E-state index in [2.05, 4.69) is 55.2 Å². The lowest BCUT2D eigenvalue weighted by molar-refractivity contribution is 0.645. The quantitative estimate of drug-likeness (QED) is 0.685. The van der Waals surface area contributed by atoms with E-state index in [1.807, 2.05) is 0 Å². The first-order valence-electron chi connectivity index (χ1n) is 7.81. The molecule has 1 saturated carbocycles. The van der Waals surface area contributed by atoms with E-state index in [9.17, 15) is 0 Å². The zero-order chi connectivity index (χ0) is 13.5. The van der Waals surface area contributed by atoms with Crippen LogP contribution in [0, 0.1) is 0 Å². The minimum absolute atomic E-state index is 0.577. The number of nitrogens with one attached hydrogen (secondary N) is 1. The number of hydrogen-bond acceptors (Lipinski definition) is 2. The molecule has 1 nitrogen and oxygen atoms in total. The molecule has 2 heteroatoms. The summed E-state index contributed by atoms with van der Waals surface area (Å²) in [5.74, 6) is 0. The van der Waals surface area contributed by atoms with Crippen molar-refractivity contribution in [3.63, 3.8) is 0 Å². The van der Waals surface area contributed by atoms with Gasteiger partial charge in [-0.05, 0) is 50.5 Å². The molecule has 0 aliphatic heterocycles. The summed E-state index contributed by atoms with van der Waals surface area (Å²) in [6.07, 6.45) is 9.50. The maximum atomic E-state index is 3.59. The van der Waals surface area contributed by atoms with Crippen LogP contribution in [0.25, 0.3) is 0 Å². The minimum Gasteiger partial charge on any atom is -0.383 e. The van der Waals surface area contributed by atoms with Crippen LogP contribution < -0.4 is 5.32 Å². The Kier molecular flexibility index (Phi) is 6.09. The average Bonchev–Trinajstić information content (AvgIpc) is 2.91. The Labute approximate surface area is 122 Å². The Bertz CT molecular complexity index is 354. The Morgan fingerprint density at radius 1 is 1.21 bits per heavy atom. The minimum atomic E-state index is 0.577. The molecule has 0 amide bonds. The van der Waals surface area contributed by atoms with E-state index in [-0.39, 0.29) is 0 Å². The third-order valence-corrected chi connectivity index (χ3v) is 5.21. The van der Waals surface area contributed by atoms with E-state index in [1.165, 1.54) is 55.5 Å². The summed E-state index contributed by atoms with van der Waals surface area (Å²) < 4.78 is 0. The first kappa shape index (κ1) is 14.8. The second kappa shape index (κ2) is 7.84. The van der Waals surface area contributed by atoms with E-state index in [0.29, 0.717) is 6.04 Å². The predicted octanol–water partition coefficient (Wildman–Crippen LogP) is 5.71. The SMILES string of the molecule is CCCCC(C)Nc1ccc(SC2CCCC2)cc1. The molecular formula is C17H27NS. The highest BCUT2D eigenvalue weighted by Crippen LogP contribution is 2.34. The van der Waals surface area contributed by atoms with Crippen LogP contribution in [0.1, 0.15) is 58.8 Å². The number of thioether (sulfide) groups is 1. The van der Waals surface area contributed by atoms with Crippen molar-refractivity contribution >= 4 is 17.4 Å². The molecule has 0 aromatic heterocycles. The zero-order valence-electron chi connectivity index (χ0n) is 12.3. The van der Waals surface area contributed by atoms with Gasteiger partial charge in [0.05, 0.1) is 0 Å². The Morgan fingerprint density at radius 2 is 1.89 bits per heavy atom. The van der Waals surface area contributed by atoms with Gasteiger partial charge >= 0.3 is 0 Å². The normalized spacial score (nSPS) is 17.6. The fourth-order valence-corrected chi connectivity index (χ4v) is 3.94. The first-order chi connectivity index (χ1) is 9.28. The van der Waals surface area contributed by atoms with Crippen molar-refractivity contribution in [3.05, 3.63) is 24.3 Å². The number of anilines is 1. The van der Waals surface area contributed by atoms with Gasteiger partial charge in [0.1, 0.15) is 0 Å². The maximum Gasteiger partial charge on any atom is 0.0342 e. The van der Waals surface area contributed by atoms with E-state index in [1.54, 1.807) is 0 Å². The van der Waals surface area contributed by atoms with E-state index in [4.69, 9.17) is 0 Å². The van der Waals surface area contributed by atoms with Crippen molar-refractivity contribution in [2.45, 2.75) is 75.0 Å². The molecule has 0 heterocycles. The standard InChI is InChI=1S/C17H27NS/c1-3-4-7-14(2)18-15-10-12-17(13-11-15)19-16-8-5-6-9-16/h10-14,16,18H,3-9H2,1-2H3. The first-order valence-corrected chi connectivity index (χ1v) is 8.69. The lowest BCUT2D eigenvalue weighted by Crippen LogP contribution is -2.14. The number of rotatable bonds is 7. The molecule has 0 radical (unpaired) electrons. The van der Waals surface area contributed by atoms with Crippen molar-refractivity contribution in [1.29, 1.82) is 0 Å². The molecule has 1 aliphatic carbocycles. The van der Waals surface area contributed by atoms with Crippen LogP contribution >= 0.6 is 11.8 Å². The van der Waals surface area contributed by atoms with Gasteiger partial charge in [-0.3, -0.25) is 0 Å². The molecule has 1 N–H and O–H groups in total. The molecule has 1 unspecified atom stereocenters. The van der Waals surface area contributed by atoms with Crippen molar-refractivity contribution < 1.29 is 0 Å². The predicted molar refractivity (Wildman–Crippen MR) is 87.2 cm³/mol. The average molecular weight is 277 g/mol. The topological polar surface area (TPSA) is 12.0 Å². The van der Waals surface area contributed by atoms with E-state index in [0.717, 1.165) is 5.25 Å². The molecule has 1 aromatic rings. The molecule has 1 aromatic carbocycles. The van der Waals surface area contributed by atoms with Crippen LogP contribution in [0.2, 0.25) is 0 Å². The number of unbranched alkanes of at least 4 members (excludes halogenated alkanes) is 1. The summed E-state index contributed by atoms with van der Waals surface area (Å²) in [5.41, 5.74) is 1.26. The third-order valence-electron chi connectivity index (χ3n) is 3.86. The smallest absolute Gasteiger partial charge is 0.0342 e. The van der Waals surface area contributed by atoms with Crippen LogP contribution in [0.5, 0.6) is 0 Å². The molecular weight excluding hydrogens is 250 g/mol. The monoisotopic (exact) mass is 277 g/mol. The highest BCUT2D eigenvalue weighted by Gasteiger charge is 2.15. The van der Waals surface area contributed by atoms with Gasteiger partial charge in [0.2, 0.25) is 0 Å². The van der Waals surface area contributed by atoms with Crippen molar-refractivity contribution in [3.8, 4) is 0 Å². The molecule has 19 heavy (non-hydrogen) atoms. The summed E-state index contributed by atoms with van der Waals surface area (Å²) in [7, 11) is 0. The summed E-state index contributed by atoms with van der Waals surface area (Å²) in [6, 6.07) is 9.60. The van der Waals surface area contributed by atoms with Crippen LogP contribution in [0.4, 0.5) is 5.69 Å². The van der Waals surface area contributed by atoms with Gasteiger partial charge in [0.15, 0.2) is 0 Å². The highest BCUT2D eigenvalue weighted by atomic mass is 32.2. The van der Waals surface area contributed by atoms with Gasteiger partial charge < -0.3 is 5.32 Å². The van der Waals surface area contributed by atoms with Crippen LogP contribution in [0.15, 0.2) is 29.2 Å². The van der Waals surface area contributed by atoms with Crippen molar-refractivity contribution in [1.82, 2.24) is 0 Å². The van der Waals surface area contributed by atoms with Crippen LogP contribution in [-0.4, -0.2) is 11.3 Å². The van der Waals surface area contributed by atoms with Crippen molar-refractivity contribution in [2.24, 2.45) is 0 Å². The summed E-state index contributed by atoms with van der Waals surface area (Å²) in [4.78, 5) is 1.43. The molecule has 0 bridgehead atoms. The Morgan fingerprint density at radius 3 is 2.53 bits per heavy atom. The molecule has 2 rings (SSSR count). The van der Waals surface area contributed by atoms with Crippen LogP contribution in [0.3, 0.4) is 0 Å². The van der Waals surface area contributed by atoms with Gasteiger partial charge in [-0.2, -0.15) is 0 Å². The molecule has 0 saturated heterocycles. The summed E-state index contributed by atoms with van der Waals surface area (Å²) in [5, 5.41) is 4.45. The Hall–Kier alpha value is -0.630. The summed E-state index contributed by atoms with van der Waals surface area (Å²) in [6.45, 7) is 4.53. The van der Waals surface area contributed by atoms with Gasteiger partial charge in [-0.25, -0.2) is 0 Å². The van der Waals surface area contributed by atoms with E-state index >= 15 is 0 Å². The van der Waals surface area contributed by atoms with Crippen molar-refractivity contribution in [2.75, 3.05) is 5.32 Å². The van der Waals surface area contributed by atoms with Gasteiger partial charge in [-0.1, -0.05) is 32.6 Å². The maximum absolute atomic E-state index is 3.59. The van der Waals surface area contributed by atoms with Crippen LogP contribution in [-0.2, 0) is 0 Å². The molecule has 106 valence electrons. The lowest BCUT2D eigenvalue weighted by Gasteiger charge is -2.15. The number of hydrogen-bond donors (Lipinski definition) is 1. The largest absolute Gasteiger partial charge is 0.383 e. The third kappa shape index (κ3) is 5.10. The second-order valence-electron chi connectivity index (χ2n) is 5.74. The van der Waals surface area contributed by atoms with E-state index < -0.39 is 0 Å². The second-order valence-corrected chi connectivity index (χ2v) is 7.11. The fourth-order valence-electron chi connectivity index (χ4n) is 2.70. The lowest BCUT2D eigenvalue weighted by atomic mass is 10.1. The Balaban J connectivity index is 1.80. The van der Waals surface area contributed by atoms with Gasteiger partial charge in [0.25, 0.3) is 0 Å².